The zero-order valence-electron chi connectivity index (χ0n) is 8.60. The van der Waals surface area contributed by atoms with Crippen molar-refractivity contribution in [3.8, 4) is 11.9 Å². The van der Waals surface area contributed by atoms with Gasteiger partial charge in [0.15, 0.2) is 0 Å². The van der Waals surface area contributed by atoms with Crippen LogP contribution in [0.15, 0.2) is 18.2 Å². The quantitative estimate of drug-likeness (QED) is 0.533. The van der Waals surface area contributed by atoms with Gasteiger partial charge in [-0.1, -0.05) is 0 Å². The number of hydrogen-bond donors (Lipinski definition) is 3. The molecule has 0 saturated heterocycles. The Morgan fingerprint density at radius 3 is 2.94 bits per heavy atom. The van der Waals surface area contributed by atoms with Crippen LogP contribution in [0.25, 0.3) is 21.9 Å². The second kappa shape index (κ2) is 3.09. The number of anilines is 1. The number of nitrogens with zero attached hydrogens (tertiary/aromatic N) is 3. The lowest BCUT2D eigenvalue weighted by Gasteiger charge is -1.96. The van der Waals surface area contributed by atoms with Crippen LogP contribution in [0.3, 0.4) is 0 Å². The third-order valence-electron chi connectivity index (χ3n) is 2.58. The minimum absolute atomic E-state index is 0.00191. The highest BCUT2D eigenvalue weighted by atomic mass is 16.3. The Bertz CT molecular complexity index is 784. The number of nitriles is 1. The fourth-order valence-corrected chi connectivity index (χ4v) is 1.86. The van der Waals surface area contributed by atoms with Crippen LogP contribution in [0.4, 0.5) is 5.95 Å². The summed E-state index contributed by atoms with van der Waals surface area (Å²) < 4.78 is 0. The molecular formula is C11H7N5O. The summed E-state index contributed by atoms with van der Waals surface area (Å²) in [6, 6.07) is 7.16. The third kappa shape index (κ3) is 1.26. The highest BCUT2D eigenvalue weighted by molar-refractivity contribution is 6.08. The smallest absolute Gasteiger partial charge is 0.226 e. The van der Waals surface area contributed by atoms with E-state index in [2.05, 4.69) is 15.0 Å². The molecule has 0 saturated carbocycles. The second-order valence-electron chi connectivity index (χ2n) is 3.63. The summed E-state index contributed by atoms with van der Waals surface area (Å²) in [5, 5.41) is 19.8. The van der Waals surface area contributed by atoms with E-state index >= 15 is 0 Å². The van der Waals surface area contributed by atoms with E-state index in [0.29, 0.717) is 22.0 Å². The standard InChI is InChI=1S/C11H7N5O/c12-4-5-1-2-7-6(3-5)8-9(14-7)15-11(13)16-10(8)17/h1-3H,(H4,13,14,15,16,17). The van der Waals surface area contributed by atoms with Crippen LogP contribution in [-0.2, 0) is 0 Å². The van der Waals surface area contributed by atoms with Crippen molar-refractivity contribution in [2.45, 2.75) is 0 Å². The van der Waals surface area contributed by atoms with Crippen molar-refractivity contribution in [1.82, 2.24) is 15.0 Å². The molecule has 0 aliphatic heterocycles. The summed E-state index contributed by atoms with van der Waals surface area (Å²) in [5.41, 5.74) is 7.19. The molecule has 82 valence electrons. The molecular weight excluding hydrogens is 218 g/mol. The summed E-state index contributed by atoms with van der Waals surface area (Å²) in [6.45, 7) is 0. The van der Waals surface area contributed by atoms with Gasteiger partial charge in [0, 0.05) is 10.9 Å². The molecule has 0 unspecified atom stereocenters. The third-order valence-corrected chi connectivity index (χ3v) is 2.58. The largest absolute Gasteiger partial charge is 0.493 e. The van der Waals surface area contributed by atoms with Gasteiger partial charge in [-0.15, -0.1) is 0 Å². The Labute approximate surface area is 95.3 Å². The van der Waals surface area contributed by atoms with Crippen LogP contribution in [-0.4, -0.2) is 20.1 Å². The molecule has 0 fully saturated rings. The van der Waals surface area contributed by atoms with Crippen molar-refractivity contribution in [2.75, 3.05) is 5.73 Å². The predicted molar refractivity (Wildman–Crippen MR) is 62.2 cm³/mol. The molecule has 0 radical (unpaired) electrons. The molecule has 0 spiro atoms. The Morgan fingerprint density at radius 2 is 2.18 bits per heavy atom. The number of H-pyrrole nitrogens is 1. The summed E-state index contributed by atoms with van der Waals surface area (Å²) in [7, 11) is 0. The Hall–Kier alpha value is -2.81. The molecule has 17 heavy (non-hydrogen) atoms. The van der Waals surface area contributed by atoms with Gasteiger partial charge in [-0.25, -0.2) is 0 Å². The lowest BCUT2D eigenvalue weighted by molar-refractivity contribution is 0.461. The van der Waals surface area contributed by atoms with Gasteiger partial charge in [0.25, 0.3) is 0 Å². The van der Waals surface area contributed by atoms with Crippen molar-refractivity contribution in [3.63, 3.8) is 0 Å². The Kier molecular flexibility index (Phi) is 1.71. The molecule has 3 aromatic rings. The van der Waals surface area contributed by atoms with E-state index in [4.69, 9.17) is 11.0 Å². The minimum Gasteiger partial charge on any atom is -0.493 e. The number of aromatic amines is 1. The van der Waals surface area contributed by atoms with Crippen LogP contribution in [0.2, 0.25) is 0 Å². The normalized spacial score (nSPS) is 10.8. The van der Waals surface area contributed by atoms with Crippen molar-refractivity contribution in [3.05, 3.63) is 23.8 Å². The molecule has 6 nitrogen and oxygen atoms in total. The van der Waals surface area contributed by atoms with Crippen molar-refractivity contribution in [2.24, 2.45) is 0 Å². The summed E-state index contributed by atoms with van der Waals surface area (Å²) in [5.74, 6) is -0.184. The van der Waals surface area contributed by atoms with Crippen molar-refractivity contribution < 1.29 is 5.11 Å². The summed E-state index contributed by atoms with van der Waals surface area (Å²) >= 11 is 0. The molecule has 6 heteroatoms. The van der Waals surface area contributed by atoms with Gasteiger partial charge in [-0.2, -0.15) is 15.2 Å². The second-order valence-corrected chi connectivity index (χ2v) is 3.63. The van der Waals surface area contributed by atoms with Crippen LogP contribution < -0.4 is 5.73 Å². The maximum Gasteiger partial charge on any atom is 0.226 e. The molecule has 2 aromatic heterocycles. The van der Waals surface area contributed by atoms with Crippen LogP contribution in [0, 0.1) is 11.3 Å². The van der Waals surface area contributed by atoms with Gasteiger partial charge in [-0.3, -0.25) is 0 Å². The lowest BCUT2D eigenvalue weighted by atomic mass is 10.1. The summed E-state index contributed by atoms with van der Waals surface area (Å²) in [4.78, 5) is 10.7. The van der Waals surface area contributed by atoms with E-state index in [-0.39, 0.29) is 11.8 Å². The highest BCUT2D eigenvalue weighted by Gasteiger charge is 2.12. The average molecular weight is 225 g/mol. The van der Waals surface area contributed by atoms with Crippen LogP contribution in [0.5, 0.6) is 5.88 Å². The number of nitrogen functional groups attached to an aromatic ring is 1. The molecule has 1 aromatic carbocycles. The van der Waals surface area contributed by atoms with E-state index in [1.807, 2.05) is 6.07 Å². The SMILES string of the molecule is N#Cc1ccc2[nH]c3nc(N)nc(O)c3c2c1. The fourth-order valence-electron chi connectivity index (χ4n) is 1.86. The van der Waals surface area contributed by atoms with Gasteiger partial charge in [0.2, 0.25) is 11.8 Å². The Morgan fingerprint density at radius 1 is 1.35 bits per heavy atom. The first-order valence-electron chi connectivity index (χ1n) is 4.87. The maximum atomic E-state index is 9.77. The molecule has 0 aliphatic carbocycles. The number of benzene rings is 1. The van der Waals surface area contributed by atoms with Crippen molar-refractivity contribution in [1.29, 1.82) is 5.26 Å². The lowest BCUT2D eigenvalue weighted by Crippen LogP contribution is -1.94. The molecule has 0 bridgehead atoms. The van der Waals surface area contributed by atoms with Gasteiger partial charge in [0.05, 0.1) is 17.0 Å². The van der Waals surface area contributed by atoms with E-state index in [1.165, 1.54) is 0 Å². The van der Waals surface area contributed by atoms with Crippen LogP contribution >= 0.6 is 0 Å². The van der Waals surface area contributed by atoms with Gasteiger partial charge in [0.1, 0.15) is 5.65 Å². The molecule has 2 heterocycles. The number of aromatic nitrogens is 3. The Balaban J connectivity index is 2.54. The predicted octanol–water partition coefficient (Wildman–Crippen LogP) is 1.27. The first kappa shape index (κ1) is 9.42. The van der Waals surface area contributed by atoms with Crippen LogP contribution in [0.1, 0.15) is 5.56 Å². The molecule has 0 aliphatic rings. The molecule has 0 amide bonds. The monoisotopic (exact) mass is 225 g/mol. The fraction of sp³-hybridized carbons (Fsp3) is 0. The number of hydrogen-bond acceptors (Lipinski definition) is 5. The number of nitrogens with two attached hydrogens (primary N) is 1. The molecule has 3 rings (SSSR count). The molecule has 0 atom stereocenters. The number of nitrogens with one attached hydrogen (secondary N) is 1. The van der Waals surface area contributed by atoms with E-state index in [9.17, 15) is 5.11 Å². The average Bonchev–Trinajstić information content (AvgIpc) is 2.65. The topological polar surface area (TPSA) is 112 Å². The zero-order valence-corrected chi connectivity index (χ0v) is 8.60. The van der Waals surface area contributed by atoms with Gasteiger partial charge < -0.3 is 15.8 Å². The number of rotatable bonds is 0. The first-order chi connectivity index (χ1) is 8.19. The van der Waals surface area contributed by atoms with E-state index in [1.54, 1.807) is 18.2 Å². The number of aromatic hydroxyl groups is 1. The maximum absolute atomic E-state index is 9.77. The van der Waals surface area contributed by atoms with E-state index < -0.39 is 0 Å². The summed E-state index contributed by atoms with van der Waals surface area (Å²) in [6.07, 6.45) is 0. The highest BCUT2D eigenvalue weighted by Crippen LogP contribution is 2.30. The minimum atomic E-state index is -0.186. The van der Waals surface area contributed by atoms with Gasteiger partial charge in [-0.05, 0) is 18.2 Å². The van der Waals surface area contributed by atoms with Crippen molar-refractivity contribution >= 4 is 27.9 Å². The zero-order chi connectivity index (χ0) is 12.0. The van der Waals surface area contributed by atoms with Gasteiger partial charge >= 0.3 is 0 Å². The number of fused-ring (bicyclic) bond motifs is 3. The van der Waals surface area contributed by atoms with E-state index in [0.717, 1.165) is 5.52 Å². The first-order valence-corrected chi connectivity index (χ1v) is 4.87. The molecule has 4 N–H and O–H groups in total.